The molecule has 2 aromatic heterocycles. The van der Waals surface area contributed by atoms with Crippen LogP contribution in [0.4, 0.5) is 0 Å². The van der Waals surface area contributed by atoms with Crippen molar-refractivity contribution in [1.29, 1.82) is 0 Å². The molecule has 0 aliphatic carbocycles. The average molecular weight is 335 g/mol. The van der Waals surface area contributed by atoms with Gasteiger partial charge >= 0.3 is 0 Å². The minimum atomic E-state index is 0.539. The highest BCUT2D eigenvalue weighted by molar-refractivity contribution is 5.70. The lowest BCUT2D eigenvalue weighted by atomic mass is 10.0. The average Bonchev–Trinajstić information content (AvgIpc) is 2.69. The number of rotatable bonds is 7. The van der Waals surface area contributed by atoms with Crippen LogP contribution >= 0.6 is 0 Å². The van der Waals surface area contributed by atoms with Crippen molar-refractivity contribution >= 4 is 0 Å². The zero-order valence-electron chi connectivity index (χ0n) is 14.2. The quantitative estimate of drug-likeness (QED) is 0.669. The van der Waals surface area contributed by atoms with Crippen molar-refractivity contribution in [1.82, 2.24) is 9.97 Å². The smallest absolute Gasteiger partial charge is 0.214 e. The number of ether oxygens (including phenoxy) is 2. The molecule has 2 N–H and O–H groups in total. The van der Waals surface area contributed by atoms with Crippen molar-refractivity contribution in [3.8, 4) is 34.1 Å². The minimum absolute atomic E-state index is 0.539. The lowest BCUT2D eigenvalue weighted by Crippen LogP contribution is -2.07. The summed E-state index contributed by atoms with van der Waals surface area (Å²) in [5.41, 5.74) is 9.20. The number of pyridine rings is 2. The number of hydrogen-bond acceptors (Lipinski definition) is 5. The van der Waals surface area contributed by atoms with Gasteiger partial charge in [-0.3, -0.25) is 4.98 Å². The number of hydrogen-bond donors (Lipinski definition) is 1. The number of nitrogens with two attached hydrogens (primary N) is 1. The van der Waals surface area contributed by atoms with E-state index in [0.717, 1.165) is 34.7 Å². The zero-order valence-corrected chi connectivity index (χ0v) is 14.2. The molecule has 1 aromatic carbocycles. The van der Waals surface area contributed by atoms with Gasteiger partial charge in [0.25, 0.3) is 0 Å². The van der Waals surface area contributed by atoms with Crippen molar-refractivity contribution in [2.75, 3.05) is 20.3 Å². The molecule has 0 saturated carbocycles. The van der Waals surface area contributed by atoms with Gasteiger partial charge in [-0.15, -0.1) is 0 Å². The van der Waals surface area contributed by atoms with Gasteiger partial charge in [-0.2, -0.15) is 0 Å². The SMILES string of the molecule is COc1ccc(-c2cc(OCCCN)nc(-c3ccccn3)c2)cc1. The van der Waals surface area contributed by atoms with E-state index in [-0.39, 0.29) is 0 Å². The fraction of sp³-hybridized carbons (Fsp3) is 0.200. The van der Waals surface area contributed by atoms with Gasteiger partial charge in [0.1, 0.15) is 5.75 Å². The summed E-state index contributed by atoms with van der Waals surface area (Å²) in [6.45, 7) is 1.13. The Bertz CT molecular complexity index is 805. The van der Waals surface area contributed by atoms with E-state index < -0.39 is 0 Å². The molecule has 0 amide bonds. The lowest BCUT2D eigenvalue weighted by Gasteiger charge is -2.11. The van der Waals surface area contributed by atoms with Crippen molar-refractivity contribution in [3.63, 3.8) is 0 Å². The molecule has 0 aliphatic rings. The van der Waals surface area contributed by atoms with Crippen LogP contribution in [0.25, 0.3) is 22.5 Å². The molecule has 0 fully saturated rings. The standard InChI is InChI=1S/C20H21N3O2/c1-24-17-8-6-15(7-9-17)16-13-19(18-5-2-3-11-22-18)23-20(14-16)25-12-4-10-21/h2-3,5-9,11,13-14H,4,10,12,21H2,1H3. The Kier molecular flexibility index (Phi) is 5.59. The normalized spacial score (nSPS) is 10.5. The number of nitrogens with zero attached hydrogens (tertiary/aromatic N) is 2. The topological polar surface area (TPSA) is 70.3 Å². The third-order valence-corrected chi connectivity index (χ3v) is 3.75. The van der Waals surface area contributed by atoms with Crippen LogP contribution in [0.3, 0.4) is 0 Å². The highest BCUT2D eigenvalue weighted by Crippen LogP contribution is 2.29. The molecular weight excluding hydrogens is 314 g/mol. The molecule has 0 atom stereocenters. The van der Waals surface area contributed by atoms with E-state index in [2.05, 4.69) is 9.97 Å². The summed E-state index contributed by atoms with van der Waals surface area (Å²) >= 11 is 0. The van der Waals surface area contributed by atoms with Crippen LogP contribution in [0.2, 0.25) is 0 Å². The summed E-state index contributed by atoms with van der Waals surface area (Å²) in [7, 11) is 1.66. The first-order valence-electron chi connectivity index (χ1n) is 8.21. The first-order valence-corrected chi connectivity index (χ1v) is 8.21. The van der Waals surface area contributed by atoms with Crippen LogP contribution in [-0.2, 0) is 0 Å². The molecule has 0 unspecified atom stereocenters. The van der Waals surface area contributed by atoms with E-state index in [1.165, 1.54) is 0 Å². The summed E-state index contributed by atoms with van der Waals surface area (Å²) in [6, 6.07) is 17.6. The number of methoxy groups -OCH3 is 1. The largest absolute Gasteiger partial charge is 0.497 e. The monoisotopic (exact) mass is 335 g/mol. The summed E-state index contributed by atoms with van der Waals surface area (Å²) in [5, 5.41) is 0. The second-order valence-corrected chi connectivity index (χ2v) is 5.51. The Morgan fingerprint density at radius 2 is 1.80 bits per heavy atom. The van der Waals surface area contributed by atoms with Crippen LogP contribution in [0.1, 0.15) is 6.42 Å². The molecule has 128 valence electrons. The molecule has 5 heteroatoms. The summed E-state index contributed by atoms with van der Waals surface area (Å²) < 4.78 is 11.0. The van der Waals surface area contributed by atoms with Gasteiger partial charge in [0.2, 0.25) is 5.88 Å². The molecule has 3 aromatic rings. The van der Waals surface area contributed by atoms with Gasteiger partial charge in [0.05, 0.1) is 25.1 Å². The molecular formula is C20H21N3O2. The molecule has 0 saturated heterocycles. The third-order valence-electron chi connectivity index (χ3n) is 3.75. The summed E-state index contributed by atoms with van der Waals surface area (Å²) in [6.07, 6.45) is 2.54. The Morgan fingerprint density at radius 3 is 2.48 bits per heavy atom. The molecule has 0 aliphatic heterocycles. The van der Waals surface area contributed by atoms with E-state index >= 15 is 0 Å². The van der Waals surface area contributed by atoms with Gasteiger partial charge in [0.15, 0.2) is 0 Å². The van der Waals surface area contributed by atoms with Crippen molar-refractivity contribution in [2.24, 2.45) is 5.73 Å². The molecule has 2 heterocycles. The first-order chi connectivity index (χ1) is 12.3. The molecule has 5 nitrogen and oxygen atoms in total. The van der Waals surface area contributed by atoms with Gasteiger partial charge < -0.3 is 15.2 Å². The van der Waals surface area contributed by atoms with E-state index in [1.807, 2.05) is 54.6 Å². The highest BCUT2D eigenvalue weighted by Gasteiger charge is 2.09. The van der Waals surface area contributed by atoms with Crippen molar-refractivity contribution in [3.05, 3.63) is 60.8 Å². The van der Waals surface area contributed by atoms with E-state index in [0.29, 0.717) is 19.0 Å². The minimum Gasteiger partial charge on any atom is -0.497 e. The maximum atomic E-state index is 5.77. The van der Waals surface area contributed by atoms with E-state index in [4.69, 9.17) is 15.2 Å². The van der Waals surface area contributed by atoms with Gasteiger partial charge in [-0.1, -0.05) is 18.2 Å². The summed E-state index contributed by atoms with van der Waals surface area (Å²) in [4.78, 5) is 8.98. The Morgan fingerprint density at radius 1 is 0.960 bits per heavy atom. The maximum Gasteiger partial charge on any atom is 0.214 e. The predicted molar refractivity (Wildman–Crippen MR) is 98.6 cm³/mol. The first kappa shape index (κ1) is 16.9. The Balaban J connectivity index is 1.99. The number of benzene rings is 1. The van der Waals surface area contributed by atoms with E-state index in [1.54, 1.807) is 13.3 Å². The second kappa shape index (κ2) is 8.26. The van der Waals surface area contributed by atoms with Crippen LogP contribution in [-0.4, -0.2) is 30.2 Å². The Labute approximate surface area is 147 Å². The van der Waals surface area contributed by atoms with Gasteiger partial charge in [-0.05, 0) is 54.4 Å². The molecule has 3 rings (SSSR count). The van der Waals surface area contributed by atoms with Crippen LogP contribution in [0.5, 0.6) is 11.6 Å². The van der Waals surface area contributed by atoms with Crippen LogP contribution < -0.4 is 15.2 Å². The van der Waals surface area contributed by atoms with Crippen LogP contribution in [0, 0.1) is 0 Å². The highest BCUT2D eigenvalue weighted by atomic mass is 16.5. The lowest BCUT2D eigenvalue weighted by molar-refractivity contribution is 0.302. The molecule has 0 spiro atoms. The molecule has 0 bridgehead atoms. The fourth-order valence-electron chi connectivity index (χ4n) is 2.43. The predicted octanol–water partition coefficient (Wildman–Crippen LogP) is 3.55. The zero-order chi connectivity index (χ0) is 17.5. The second-order valence-electron chi connectivity index (χ2n) is 5.51. The van der Waals surface area contributed by atoms with Crippen molar-refractivity contribution in [2.45, 2.75) is 6.42 Å². The number of aromatic nitrogens is 2. The van der Waals surface area contributed by atoms with Gasteiger partial charge in [0, 0.05) is 12.3 Å². The maximum absolute atomic E-state index is 5.77. The molecule has 25 heavy (non-hydrogen) atoms. The van der Waals surface area contributed by atoms with Crippen LogP contribution in [0.15, 0.2) is 60.8 Å². The summed E-state index contributed by atoms with van der Waals surface area (Å²) in [5.74, 6) is 1.39. The van der Waals surface area contributed by atoms with Crippen molar-refractivity contribution < 1.29 is 9.47 Å². The van der Waals surface area contributed by atoms with Gasteiger partial charge in [-0.25, -0.2) is 4.98 Å². The Hall–Kier alpha value is -2.92. The van der Waals surface area contributed by atoms with E-state index in [9.17, 15) is 0 Å². The fourth-order valence-corrected chi connectivity index (χ4v) is 2.43. The third kappa shape index (κ3) is 4.33. The molecule has 0 radical (unpaired) electrons.